The fourth-order valence-corrected chi connectivity index (χ4v) is 2.42. The number of hydrogen-bond acceptors (Lipinski definition) is 1. The molecule has 14 heavy (non-hydrogen) atoms. The molecule has 1 aliphatic rings. The minimum atomic E-state index is -0.0293. The lowest BCUT2D eigenvalue weighted by atomic mass is 9.89. The molecule has 1 aliphatic heterocycles. The summed E-state index contributed by atoms with van der Waals surface area (Å²) < 4.78 is 5.53. The lowest BCUT2D eigenvalue weighted by Gasteiger charge is -2.31. The highest BCUT2D eigenvalue weighted by atomic mass is 35.5. The molecule has 84 valence electrons. The summed E-state index contributed by atoms with van der Waals surface area (Å²) in [5, 5.41) is 0. The van der Waals surface area contributed by atoms with Crippen molar-refractivity contribution in [1.82, 2.24) is 0 Å². The van der Waals surface area contributed by atoms with Crippen molar-refractivity contribution in [2.24, 2.45) is 17.8 Å². The zero-order chi connectivity index (χ0) is 10.6. The Labute approximate surface area is 93.2 Å². The number of ether oxygens (including phenoxy) is 1. The van der Waals surface area contributed by atoms with Crippen LogP contribution in [0.2, 0.25) is 0 Å². The summed E-state index contributed by atoms with van der Waals surface area (Å²) in [7, 11) is 0. The van der Waals surface area contributed by atoms with Gasteiger partial charge in [-0.3, -0.25) is 0 Å². The molecule has 0 bridgehead atoms. The van der Waals surface area contributed by atoms with E-state index in [9.17, 15) is 0 Å². The van der Waals surface area contributed by atoms with Crippen molar-refractivity contribution < 1.29 is 4.74 Å². The molecule has 0 N–H and O–H groups in total. The van der Waals surface area contributed by atoms with E-state index < -0.39 is 0 Å². The van der Waals surface area contributed by atoms with Crippen molar-refractivity contribution in [3.8, 4) is 0 Å². The molecule has 1 heterocycles. The van der Waals surface area contributed by atoms with Gasteiger partial charge in [-0.15, -0.1) is 0 Å². The minimum Gasteiger partial charge on any atom is -0.362 e. The van der Waals surface area contributed by atoms with Gasteiger partial charge in [0.15, 0.2) is 0 Å². The second kappa shape index (κ2) is 5.97. The molecule has 1 fully saturated rings. The minimum absolute atomic E-state index is 0.0293. The molecule has 0 radical (unpaired) electrons. The van der Waals surface area contributed by atoms with E-state index in [1.54, 1.807) is 0 Å². The van der Waals surface area contributed by atoms with Crippen LogP contribution in [0.3, 0.4) is 0 Å². The summed E-state index contributed by atoms with van der Waals surface area (Å²) in [5.74, 6) is 2.08. The molecule has 1 saturated heterocycles. The van der Waals surface area contributed by atoms with Crippen molar-refractivity contribution in [2.45, 2.75) is 52.0 Å². The van der Waals surface area contributed by atoms with Gasteiger partial charge in [-0.25, -0.2) is 0 Å². The molecule has 0 aliphatic carbocycles. The molecule has 2 heteroatoms. The topological polar surface area (TPSA) is 9.23 Å². The van der Waals surface area contributed by atoms with E-state index in [1.807, 2.05) is 0 Å². The van der Waals surface area contributed by atoms with Crippen LogP contribution in [0.25, 0.3) is 0 Å². The Morgan fingerprint density at radius 2 is 2.14 bits per heavy atom. The molecular weight excluding hydrogens is 196 g/mol. The third kappa shape index (κ3) is 4.18. The molecule has 1 rings (SSSR count). The molecule has 0 amide bonds. The Bertz CT molecular complexity index is 158. The van der Waals surface area contributed by atoms with Crippen molar-refractivity contribution in [3.63, 3.8) is 0 Å². The second-order valence-electron chi connectivity index (χ2n) is 5.11. The first-order chi connectivity index (χ1) is 6.59. The third-order valence-corrected chi connectivity index (χ3v) is 3.45. The van der Waals surface area contributed by atoms with Gasteiger partial charge < -0.3 is 4.74 Å². The predicted molar refractivity (Wildman–Crippen MR) is 61.6 cm³/mol. The van der Waals surface area contributed by atoms with Gasteiger partial charge in [0.05, 0.1) is 6.61 Å². The first kappa shape index (κ1) is 12.3. The lowest BCUT2D eigenvalue weighted by Crippen LogP contribution is -2.29. The maximum atomic E-state index is 6.14. The fraction of sp³-hybridized carbons (Fsp3) is 1.00. The van der Waals surface area contributed by atoms with E-state index >= 15 is 0 Å². The maximum Gasteiger partial charge on any atom is 0.134 e. The van der Waals surface area contributed by atoms with Gasteiger partial charge in [0.1, 0.15) is 5.56 Å². The molecule has 1 nitrogen and oxygen atoms in total. The molecule has 3 unspecified atom stereocenters. The van der Waals surface area contributed by atoms with Crippen LogP contribution in [-0.4, -0.2) is 12.2 Å². The summed E-state index contributed by atoms with van der Waals surface area (Å²) in [6.45, 7) is 7.64. The predicted octanol–water partition coefficient (Wildman–Crippen LogP) is 4.05. The van der Waals surface area contributed by atoms with Gasteiger partial charge >= 0.3 is 0 Å². The van der Waals surface area contributed by atoms with E-state index in [0.717, 1.165) is 12.5 Å². The Morgan fingerprint density at radius 3 is 2.79 bits per heavy atom. The smallest absolute Gasteiger partial charge is 0.134 e. The highest BCUT2D eigenvalue weighted by molar-refractivity contribution is 6.19. The molecule has 0 aromatic carbocycles. The highest BCUT2D eigenvalue weighted by Crippen LogP contribution is 2.31. The number of alkyl halides is 1. The summed E-state index contributed by atoms with van der Waals surface area (Å²) in [5.41, 5.74) is -0.0293. The summed E-state index contributed by atoms with van der Waals surface area (Å²) in [6, 6.07) is 0. The van der Waals surface area contributed by atoms with Crippen molar-refractivity contribution >= 4 is 11.6 Å². The van der Waals surface area contributed by atoms with E-state index in [1.165, 1.54) is 25.7 Å². The van der Waals surface area contributed by atoms with Crippen LogP contribution in [0.1, 0.15) is 46.5 Å². The zero-order valence-electron chi connectivity index (χ0n) is 9.63. The Morgan fingerprint density at radius 1 is 1.43 bits per heavy atom. The van der Waals surface area contributed by atoms with Gasteiger partial charge in [0.2, 0.25) is 0 Å². The van der Waals surface area contributed by atoms with Crippen molar-refractivity contribution in [1.29, 1.82) is 0 Å². The first-order valence-corrected chi connectivity index (χ1v) is 6.29. The van der Waals surface area contributed by atoms with Crippen LogP contribution in [0.5, 0.6) is 0 Å². The molecule has 0 spiro atoms. The van der Waals surface area contributed by atoms with Gasteiger partial charge in [-0.1, -0.05) is 45.2 Å². The lowest BCUT2D eigenvalue weighted by molar-refractivity contribution is -0.00921. The van der Waals surface area contributed by atoms with Crippen molar-refractivity contribution in [3.05, 3.63) is 0 Å². The van der Waals surface area contributed by atoms with Crippen LogP contribution in [-0.2, 0) is 4.74 Å². The summed E-state index contributed by atoms with van der Waals surface area (Å²) in [4.78, 5) is 0. The van der Waals surface area contributed by atoms with E-state index in [0.29, 0.717) is 11.8 Å². The zero-order valence-corrected chi connectivity index (χ0v) is 10.4. The number of rotatable bonds is 4. The third-order valence-electron chi connectivity index (χ3n) is 2.97. The van der Waals surface area contributed by atoms with Crippen LogP contribution in [0, 0.1) is 17.8 Å². The van der Waals surface area contributed by atoms with Crippen LogP contribution in [0.15, 0.2) is 0 Å². The molecule has 0 aromatic rings. The molecular formula is C12H23ClO. The quantitative estimate of drug-likeness (QED) is 0.647. The molecule has 3 atom stereocenters. The van der Waals surface area contributed by atoms with Gasteiger partial charge in [0, 0.05) is 0 Å². The van der Waals surface area contributed by atoms with Crippen LogP contribution in [0.4, 0.5) is 0 Å². The average molecular weight is 219 g/mol. The van der Waals surface area contributed by atoms with E-state index in [-0.39, 0.29) is 5.56 Å². The standard InChI is InChI=1S/C12H23ClO/c1-9(2)5-4-6-11-7-10(3)8-14-12(11)13/h9-12H,4-8H2,1-3H3. The number of halogens is 1. The fourth-order valence-electron chi connectivity index (χ4n) is 2.12. The Balaban J connectivity index is 2.20. The second-order valence-corrected chi connectivity index (χ2v) is 5.54. The SMILES string of the molecule is CC(C)CCCC1CC(C)COC1Cl. The normalized spacial score (nSPS) is 33.6. The maximum absolute atomic E-state index is 6.14. The first-order valence-electron chi connectivity index (χ1n) is 5.85. The van der Waals surface area contributed by atoms with E-state index in [4.69, 9.17) is 16.3 Å². The molecule has 0 aromatic heterocycles. The highest BCUT2D eigenvalue weighted by Gasteiger charge is 2.27. The van der Waals surface area contributed by atoms with Crippen LogP contribution >= 0.6 is 11.6 Å². The van der Waals surface area contributed by atoms with Gasteiger partial charge in [0.25, 0.3) is 0 Å². The molecule has 0 saturated carbocycles. The van der Waals surface area contributed by atoms with E-state index in [2.05, 4.69) is 20.8 Å². The average Bonchev–Trinajstić information content (AvgIpc) is 2.10. The van der Waals surface area contributed by atoms with Gasteiger partial charge in [-0.2, -0.15) is 0 Å². The van der Waals surface area contributed by atoms with Crippen LogP contribution < -0.4 is 0 Å². The Kier molecular flexibility index (Phi) is 5.25. The largest absolute Gasteiger partial charge is 0.362 e. The monoisotopic (exact) mass is 218 g/mol. The summed E-state index contributed by atoms with van der Waals surface area (Å²) in [6.07, 6.45) is 5.08. The van der Waals surface area contributed by atoms with Gasteiger partial charge in [-0.05, 0) is 30.6 Å². The number of hydrogen-bond donors (Lipinski definition) is 0. The Hall–Kier alpha value is 0.250. The summed E-state index contributed by atoms with van der Waals surface area (Å²) >= 11 is 6.14. The van der Waals surface area contributed by atoms with Crippen molar-refractivity contribution in [2.75, 3.05) is 6.61 Å².